The van der Waals surface area contributed by atoms with E-state index in [0.717, 1.165) is 5.56 Å². The third kappa shape index (κ3) is 5.14. The standard InChI is InChI=1S/C16H16ClN3O3S/c1-9(21)14-8-24-16(19-14)20-15(23)7-13(18-10(2)22)11-3-5-12(17)6-4-11/h3-6,8,13H,7H2,1-2H3,(H,18,22)(H,19,20,23). The largest absolute Gasteiger partial charge is 0.349 e. The van der Waals surface area contributed by atoms with Crippen LogP contribution in [-0.2, 0) is 9.59 Å². The van der Waals surface area contributed by atoms with Crippen LogP contribution >= 0.6 is 22.9 Å². The quantitative estimate of drug-likeness (QED) is 0.769. The molecule has 8 heteroatoms. The van der Waals surface area contributed by atoms with Crippen LogP contribution in [-0.4, -0.2) is 22.6 Å². The van der Waals surface area contributed by atoms with E-state index in [1.807, 2.05) is 0 Å². The summed E-state index contributed by atoms with van der Waals surface area (Å²) in [5, 5.41) is 7.89. The van der Waals surface area contributed by atoms with E-state index in [0.29, 0.717) is 15.8 Å². The molecule has 1 aromatic heterocycles. The highest BCUT2D eigenvalue weighted by atomic mass is 35.5. The van der Waals surface area contributed by atoms with E-state index in [9.17, 15) is 14.4 Å². The van der Waals surface area contributed by atoms with Gasteiger partial charge in [-0.05, 0) is 17.7 Å². The van der Waals surface area contributed by atoms with Crippen LogP contribution < -0.4 is 10.6 Å². The Morgan fingerprint density at radius 1 is 1.21 bits per heavy atom. The number of ketones is 1. The fourth-order valence-corrected chi connectivity index (χ4v) is 2.93. The summed E-state index contributed by atoms with van der Waals surface area (Å²) in [6.45, 7) is 2.80. The number of hydrogen-bond donors (Lipinski definition) is 2. The number of thiazole rings is 1. The van der Waals surface area contributed by atoms with Crippen LogP contribution in [0.25, 0.3) is 0 Å². The van der Waals surface area contributed by atoms with E-state index in [1.165, 1.54) is 25.2 Å². The number of nitrogens with zero attached hydrogens (tertiary/aromatic N) is 1. The lowest BCUT2D eigenvalue weighted by Crippen LogP contribution is -2.29. The molecule has 0 bridgehead atoms. The molecule has 1 heterocycles. The number of rotatable bonds is 6. The van der Waals surface area contributed by atoms with E-state index in [1.54, 1.807) is 29.6 Å². The third-order valence-corrected chi connectivity index (χ3v) is 4.16. The number of benzene rings is 1. The van der Waals surface area contributed by atoms with Gasteiger partial charge in [0.2, 0.25) is 11.8 Å². The van der Waals surface area contributed by atoms with Gasteiger partial charge in [0, 0.05) is 24.3 Å². The highest BCUT2D eigenvalue weighted by Gasteiger charge is 2.18. The van der Waals surface area contributed by atoms with Gasteiger partial charge in [-0.15, -0.1) is 11.3 Å². The fourth-order valence-electron chi connectivity index (χ4n) is 2.04. The monoisotopic (exact) mass is 365 g/mol. The van der Waals surface area contributed by atoms with Gasteiger partial charge >= 0.3 is 0 Å². The predicted octanol–water partition coefficient (Wildman–Crippen LogP) is 3.21. The number of amides is 2. The Hall–Kier alpha value is -2.25. The zero-order valence-electron chi connectivity index (χ0n) is 13.1. The minimum Gasteiger partial charge on any atom is -0.349 e. The normalized spacial score (nSPS) is 11.6. The summed E-state index contributed by atoms with van der Waals surface area (Å²) in [4.78, 5) is 38.9. The molecule has 0 fully saturated rings. The van der Waals surface area contributed by atoms with E-state index >= 15 is 0 Å². The first-order valence-corrected chi connectivity index (χ1v) is 8.40. The Kier molecular flexibility index (Phi) is 6.05. The summed E-state index contributed by atoms with van der Waals surface area (Å²) in [6, 6.07) is 6.43. The third-order valence-electron chi connectivity index (χ3n) is 3.15. The van der Waals surface area contributed by atoms with Crippen molar-refractivity contribution in [3.63, 3.8) is 0 Å². The average Bonchev–Trinajstić information content (AvgIpc) is 2.95. The topological polar surface area (TPSA) is 88.2 Å². The Bertz CT molecular complexity index is 758. The van der Waals surface area contributed by atoms with Crippen molar-refractivity contribution in [2.75, 3.05) is 5.32 Å². The first-order valence-electron chi connectivity index (χ1n) is 7.14. The summed E-state index contributed by atoms with van der Waals surface area (Å²) in [5.74, 6) is -0.715. The molecule has 2 N–H and O–H groups in total. The molecule has 0 saturated carbocycles. The molecular formula is C16H16ClN3O3S. The Labute approximate surface area is 148 Å². The number of hydrogen-bond acceptors (Lipinski definition) is 5. The van der Waals surface area contributed by atoms with Gasteiger partial charge in [0.05, 0.1) is 12.5 Å². The van der Waals surface area contributed by atoms with Crippen molar-refractivity contribution in [1.82, 2.24) is 10.3 Å². The summed E-state index contributed by atoms with van der Waals surface area (Å²) >= 11 is 7.04. The number of aromatic nitrogens is 1. The zero-order chi connectivity index (χ0) is 17.7. The fraction of sp³-hybridized carbons (Fsp3) is 0.250. The maximum Gasteiger partial charge on any atom is 0.228 e. The van der Waals surface area contributed by atoms with Gasteiger partial charge in [-0.2, -0.15) is 0 Å². The van der Waals surface area contributed by atoms with Crippen molar-refractivity contribution in [2.45, 2.75) is 26.3 Å². The van der Waals surface area contributed by atoms with Crippen molar-refractivity contribution >= 4 is 45.7 Å². The van der Waals surface area contributed by atoms with E-state index < -0.39 is 6.04 Å². The summed E-state index contributed by atoms with van der Waals surface area (Å²) < 4.78 is 0. The van der Waals surface area contributed by atoms with E-state index in [2.05, 4.69) is 15.6 Å². The van der Waals surface area contributed by atoms with Gasteiger partial charge in [-0.1, -0.05) is 23.7 Å². The lowest BCUT2D eigenvalue weighted by atomic mass is 10.0. The minimum absolute atomic E-state index is 0.0379. The molecule has 24 heavy (non-hydrogen) atoms. The van der Waals surface area contributed by atoms with Gasteiger partial charge in [0.1, 0.15) is 5.69 Å². The summed E-state index contributed by atoms with van der Waals surface area (Å²) in [5.41, 5.74) is 1.08. The Morgan fingerprint density at radius 2 is 1.88 bits per heavy atom. The number of nitrogens with one attached hydrogen (secondary N) is 2. The Balaban J connectivity index is 2.07. The molecule has 0 aliphatic rings. The van der Waals surface area contributed by atoms with Crippen LogP contribution in [0.5, 0.6) is 0 Å². The van der Waals surface area contributed by atoms with Crippen LogP contribution in [0.4, 0.5) is 5.13 Å². The van der Waals surface area contributed by atoms with E-state index in [4.69, 9.17) is 11.6 Å². The first kappa shape index (κ1) is 18.1. The number of carbonyl (C=O) groups excluding carboxylic acids is 3. The predicted molar refractivity (Wildman–Crippen MR) is 93.4 cm³/mol. The molecule has 0 spiro atoms. The van der Waals surface area contributed by atoms with E-state index in [-0.39, 0.29) is 24.0 Å². The molecule has 126 valence electrons. The van der Waals surface area contributed by atoms with Crippen molar-refractivity contribution < 1.29 is 14.4 Å². The first-order chi connectivity index (χ1) is 11.3. The molecule has 0 saturated heterocycles. The molecule has 1 atom stereocenters. The zero-order valence-corrected chi connectivity index (χ0v) is 14.7. The maximum absolute atomic E-state index is 12.2. The van der Waals surface area contributed by atoms with Gasteiger partial charge in [-0.25, -0.2) is 4.98 Å². The number of anilines is 1. The van der Waals surface area contributed by atoms with Crippen molar-refractivity contribution in [2.24, 2.45) is 0 Å². The number of carbonyl (C=O) groups is 3. The molecule has 6 nitrogen and oxygen atoms in total. The number of Topliss-reactive ketones (excluding diaryl/α,β-unsaturated/α-hetero) is 1. The lowest BCUT2D eigenvalue weighted by Gasteiger charge is -2.17. The second-order valence-corrected chi connectivity index (χ2v) is 6.45. The molecule has 0 aliphatic carbocycles. The number of halogens is 1. The second kappa shape index (κ2) is 8.03. The van der Waals surface area contributed by atoms with Crippen LogP contribution in [0.1, 0.15) is 42.4 Å². The molecule has 1 aromatic carbocycles. The molecule has 0 radical (unpaired) electrons. The smallest absolute Gasteiger partial charge is 0.228 e. The summed E-state index contributed by atoms with van der Waals surface area (Å²) in [6.07, 6.45) is 0.0379. The van der Waals surface area contributed by atoms with Crippen LogP contribution in [0, 0.1) is 0 Å². The van der Waals surface area contributed by atoms with Crippen LogP contribution in [0.3, 0.4) is 0 Å². The van der Waals surface area contributed by atoms with Crippen LogP contribution in [0.15, 0.2) is 29.6 Å². The van der Waals surface area contributed by atoms with Gasteiger partial charge in [-0.3, -0.25) is 14.4 Å². The highest BCUT2D eigenvalue weighted by Crippen LogP contribution is 2.21. The second-order valence-electron chi connectivity index (χ2n) is 5.15. The average molecular weight is 366 g/mol. The van der Waals surface area contributed by atoms with Crippen molar-refractivity contribution in [3.8, 4) is 0 Å². The highest BCUT2D eigenvalue weighted by molar-refractivity contribution is 7.14. The Morgan fingerprint density at radius 3 is 2.42 bits per heavy atom. The minimum atomic E-state index is -0.480. The van der Waals surface area contributed by atoms with Gasteiger partial charge in [0.25, 0.3) is 0 Å². The molecule has 0 aliphatic heterocycles. The summed E-state index contributed by atoms with van der Waals surface area (Å²) in [7, 11) is 0. The van der Waals surface area contributed by atoms with Crippen molar-refractivity contribution in [3.05, 3.63) is 45.9 Å². The lowest BCUT2D eigenvalue weighted by molar-refractivity contribution is -0.120. The van der Waals surface area contributed by atoms with Crippen LogP contribution in [0.2, 0.25) is 5.02 Å². The SMILES string of the molecule is CC(=O)NC(CC(=O)Nc1nc(C(C)=O)cs1)c1ccc(Cl)cc1. The molecule has 2 amide bonds. The molecule has 2 aromatic rings. The molecular weight excluding hydrogens is 350 g/mol. The molecule has 1 unspecified atom stereocenters. The maximum atomic E-state index is 12.2. The van der Waals surface area contributed by atoms with Crippen molar-refractivity contribution in [1.29, 1.82) is 0 Å². The van der Waals surface area contributed by atoms with Gasteiger partial charge < -0.3 is 10.6 Å². The van der Waals surface area contributed by atoms with Gasteiger partial charge in [0.15, 0.2) is 10.9 Å². The molecule has 2 rings (SSSR count).